The van der Waals surface area contributed by atoms with Gasteiger partial charge in [-0.2, -0.15) is 0 Å². The highest BCUT2D eigenvalue weighted by Gasteiger charge is 2.24. The van der Waals surface area contributed by atoms with Gasteiger partial charge in [-0.3, -0.25) is 9.59 Å². The van der Waals surface area contributed by atoms with Crippen molar-refractivity contribution in [2.75, 3.05) is 32.6 Å². The number of nitrogens with one attached hydrogen (secondary N) is 3. The summed E-state index contributed by atoms with van der Waals surface area (Å²) in [5, 5.41) is 6.43. The van der Waals surface area contributed by atoms with Gasteiger partial charge in [-0.15, -0.1) is 0 Å². The van der Waals surface area contributed by atoms with Crippen LogP contribution in [0.2, 0.25) is 5.02 Å². The fraction of sp³-hybridized carbons (Fsp3) is 0.579. The van der Waals surface area contributed by atoms with E-state index in [0.29, 0.717) is 22.4 Å². The van der Waals surface area contributed by atoms with Gasteiger partial charge in [0.05, 0.1) is 19.8 Å². The molecule has 6 nitrogen and oxygen atoms in total. The monoisotopic (exact) mass is 382 g/mol. The molecule has 0 heterocycles. The number of hydrogen-bond donors (Lipinski definition) is 3. The van der Waals surface area contributed by atoms with E-state index in [-0.39, 0.29) is 30.9 Å². The Balaban J connectivity index is 1.81. The van der Waals surface area contributed by atoms with Crippen LogP contribution in [0.15, 0.2) is 18.2 Å². The van der Waals surface area contributed by atoms with E-state index >= 15 is 0 Å². The summed E-state index contributed by atoms with van der Waals surface area (Å²) in [6, 6.07) is 5.30. The van der Waals surface area contributed by atoms with E-state index < -0.39 is 0 Å². The van der Waals surface area contributed by atoms with Crippen molar-refractivity contribution in [2.24, 2.45) is 5.92 Å². The van der Waals surface area contributed by atoms with Crippen LogP contribution in [0.5, 0.6) is 5.75 Å². The van der Waals surface area contributed by atoms with Crippen molar-refractivity contribution in [1.29, 1.82) is 0 Å². The smallest absolute Gasteiger partial charge is 0.279 e. The summed E-state index contributed by atoms with van der Waals surface area (Å²) in [7, 11) is 3.37. The van der Waals surface area contributed by atoms with Crippen LogP contribution in [0.1, 0.15) is 32.6 Å². The van der Waals surface area contributed by atoms with E-state index in [1.807, 2.05) is 7.05 Å². The van der Waals surface area contributed by atoms with Crippen LogP contribution in [-0.2, 0) is 9.59 Å². The molecule has 0 spiro atoms. The van der Waals surface area contributed by atoms with Crippen LogP contribution in [-0.4, -0.2) is 45.1 Å². The summed E-state index contributed by atoms with van der Waals surface area (Å²) in [4.78, 5) is 25.3. The van der Waals surface area contributed by atoms with Crippen LogP contribution in [0, 0.1) is 5.92 Å². The number of anilines is 1. The zero-order valence-corrected chi connectivity index (χ0v) is 16.5. The van der Waals surface area contributed by atoms with E-state index in [4.69, 9.17) is 16.3 Å². The van der Waals surface area contributed by atoms with Crippen molar-refractivity contribution in [3.63, 3.8) is 0 Å². The molecule has 1 aromatic rings. The number of benzene rings is 1. The maximum atomic E-state index is 12.3. The first-order valence-electron chi connectivity index (χ1n) is 9.13. The number of amides is 2. The number of carbonyl (C=O) groups is 2. The lowest BCUT2D eigenvalue weighted by molar-refractivity contribution is -0.862. The number of ether oxygens (including phenoxy) is 1. The number of methoxy groups -OCH3 is 1. The zero-order chi connectivity index (χ0) is 19.1. The third-order valence-electron chi connectivity index (χ3n) is 4.82. The number of halogens is 1. The Morgan fingerprint density at radius 2 is 1.92 bits per heavy atom. The second kappa shape index (κ2) is 9.78. The van der Waals surface area contributed by atoms with Gasteiger partial charge < -0.3 is 20.3 Å². The van der Waals surface area contributed by atoms with Crippen molar-refractivity contribution in [3.8, 4) is 5.75 Å². The van der Waals surface area contributed by atoms with Crippen LogP contribution >= 0.6 is 11.6 Å². The quantitative estimate of drug-likeness (QED) is 0.669. The first-order chi connectivity index (χ1) is 12.4. The van der Waals surface area contributed by atoms with Crippen LogP contribution < -0.4 is 20.3 Å². The fourth-order valence-corrected chi connectivity index (χ4v) is 3.54. The van der Waals surface area contributed by atoms with E-state index in [1.54, 1.807) is 18.2 Å². The molecule has 0 bridgehead atoms. The largest absolute Gasteiger partial charge is 0.495 e. The number of rotatable bonds is 7. The zero-order valence-electron chi connectivity index (χ0n) is 15.7. The molecular weight excluding hydrogens is 354 g/mol. The highest BCUT2D eigenvalue weighted by molar-refractivity contribution is 6.31. The topological polar surface area (TPSA) is 71.9 Å². The van der Waals surface area contributed by atoms with Crippen molar-refractivity contribution < 1.29 is 19.2 Å². The minimum absolute atomic E-state index is 0.00520. The van der Waals surface area contributed by atoms with Crippen LogP contribution in [0.3, 0.4) is 0 Å². The molecule has 1 fully saturated rings. The van der Waals surface area contributed by atoms with E-state index in [1.165, 1.54) is 20.0 Å². The molecule has 2 amide bonds. The number of carbonyl (C=O) groups excluding carboxylic acids is 2. The van der Waals surface area contributed by atoms with Crippen LogP contribution in [0.25, 0.3) is 0 Å². The standard InChI is InChI=1S/C19H28ClN3O3/c1-13-6-4-5-7-15(13)21-18(24)11-23(2)12-19(25)22-16-10-14(20)8-9-17(16)26-3/h8-10,13,15H,4-7,11-12H2,1-3H3,(H,21,24)(H,22,25)/p+1/t13-,15+/m1/s1. The van der Waals surface area contributed by atoms with E-state index in [9.17, 15) is 9.59 Å². The molecule has 2 rings (SSSR count). The lowest BCUT2D eigenvalue weighted by atomic mass is 9.86. The highest BCUT2D eigenvalue weighted by atomic mass is 35.5. The maximum absolute atomic E-state index is 12.3. The lowest BCUT2D eigenvalue weighted by Crippen LogP contribution is -3.11. The number of likely N-dealkylation sites (N-methyl/N-ethyl adjacent to an activating group) is 1. The predicted molar refractivity (Wildman–Crippen MR) is 103 cm³/mol. The highest BCUT2D eigenvalue weighted by Crippen LogP contribution is 2.27. The molecular formula is C19H29ClN3O3+. The second-order valence-electron chi connectivity index (χ2n) is 7.14. The lowest BCUT2D eigenvalue weighted by Gasteiger charge is -2.29. The molecule has 0 saturated heterocycles. The van der Waals surface area contributed by atoms with Gasteiger partial charge in [0.2, 0.25) is 0 Å². The van der Waals surface area contributed by atoms with Crippen molar-refractivity contribution in [2.45, 2.75) is 38.6 Å². The number of quaternary nitrogens is 1. The third-order valence-corrected chi connectivity index (χ3v) is 5.05. The summed E-state index contributed by atoms with van der Waals surface area (Å²) >= 11 is 5.97. The van der Waals surface area contributed by atoms with Gasteiger partial charge in [-0.1, -0.05) is 31.4 Å². The van der Waals surface area contributed by atoms with E-state index in [0.717, 1.165) is 17.7 Å². The Morgan fingerprint density at radius 1 is 1.23 bits per heavy atom. The maximum Gasteiger partial charge on any atom is 0.279 e. The summed E-state index contributed by atoms with van der Waals surface area (Å²) in [5.74, 6) is 0.868. The summed E-state index contributed by atoms with van der Waals surface area (Å²) in [5.41, 5.74) is 0.526. The molecule has 0 aliphatic heterocycles. The summed E-state index contributed by atoms with van der Waals surface area (Å²) in [6.07, 6.45) is 4.62. The Hall–Kier alpha value is -1.79. The first-order valence-corrected chi connectivity index (χ1v) is 9.51. The molecule has 1 saturated carbocycles. The van der Waals surface area contributed by atoms with Crippen molar-refractivity contribution in [1.82, 2.24) is 5.32 Å². The molecule has 3 N–H and O–H groups in total. The van der Waals surface area contributed by atoms with Crippen molar-refractivity contribution in [3.05, 3.63) is 23.2 Å². The molecule has 1 aliphatic carbocycles. The molecule has 1 unspecified atom stereocenters. The third kappa shape index (κ3) is 6.18. The van der Waals surface area contributed by atoms with Gasteiger partial charge in [-0.25, -0.2) is 0 Å². The van der Waals surface area contributed by atoms with Gasteiger partial charge in [0.1, 0.15) is 5.75 Å². The molecule has 1 aliphatic rings. The molecule has 144 valence electrons. The van der Waals surface area contributed by atoms with Crippen molar-refractivity contribution >= 4 is 29.1 Å². The Kier molecular flexibility index (Phi) is 7.72. The average molecular weight is 383 g/mol. The molecule has 0 radical (unpaired) electrons. The van der Waals surface area contributed by atoms with Gasteiger partial charge in [0.15, 0.2) is 13.1 Å². The van der Waals surface area contributed by atoms with Crippen LogP contribution in [0.4, 0.5) is 5.69 Å². The molecule has 7 heteroatoms. The average Bonchev–Trinajstić information content (AvgIpc) is 2.56. The Labute approximate surface area is 160 Å². The second-order valence-corrected chi connectivity index (χ2v) is 7.58. The normalized spacial score (nSPS) is 20.9. The molecule has 3 atom stereocenters. The molecule has 26 heavy (non-hydrogen) atoms. The van der Waals surface area contributed by atoms with Gasteiger partial charge >= 0.3 is 0 Å². The van der Waals surface area contributed by atoms with E-state index in [2.05, 4.69) is 17.6 Å². The SMILES string of the molecule is COc1ccc(Cl)cc1NC(=O)C[NH+](C)CC(=O)N[C@H]1CCCC[C@H]1C. The van der Waals surface area contributed by atoms with Gasteiger partial charge in [0.25, 0.3) is 11.8 Å². The Bertz CT molecular complexity index is 638. The Morgan fingerprint density at radius 3 is 2.62 bits per heavy atom. The first kappa shape index (κ1) is 20.5. The number of hydrogen-bond acceptors (Lipinski definition) is 3. The van der Waals surface area contributed by atoms with Gasteiger partial charge in [0, 0.05) is 11.1 Å². The molecule has 0 aromatic heterocycles. The minimum Gasteiger partial charge on any atom is -0.495 e. The minimum atomic E-state index is -0.193. The summed E-state index contributed by atoms with van der Waals surface area (Å²) < 4.78 is 5.22. The molecule has 1 aromatic carbocycles. The fourth-order valence-electron chi connectivity index (χ4n) is 3.37. The van der Waals surface area contributed by atoms with Gasteiger partial charge in [-0.05, 0) is 37.0 Å². The predicted octanol–water partition coefficient (Wildman–Crippen LogP) is 1.50. The summed E-state index contributed by atoms with van der Waals surface area (Å²) in [6.45, 7) is 2.64.